The molecular formula is C12H22N2O4. The van der Waals surface area contributed by atoms with Crippen LogP contribution in [0.15, 0.2) is 0 Å². The Labute approximate surface area is 107 Å². The fourth-order valence-corrected chi connectivity index (χ4v) is 1.98. The van der Waals surface area contributed by atoms with Gasteiger partial charge in [-0.1, -0.05) is 0 Å². The third-order valence-electron chi connectivity index (χ3n) is 2.93. The highest BCUT2D eigenvalue weighted by molar-refractivity contribution is 5.81. The molecule has 1 aliphatic rings. The number of rotatable bonds is 5. The van der Waals surface area contributed by atoms with E-state index in [9.17, 15) is 9.59 Å². The average Bonchev–Trinajstić information content (AvgIpc) is 2.26. The second-order valence-electron chi connectivity index (χ2n) is 4.92. The first-order chi connectivity index (χ1) is 8.40. The first-order valence-corrected chi connectivity index (χ1v) is 6.28. The van der Waals surface area contributed by atoms with Crippen LogP contribution in [0.5, 0.6) is 0 Å². The molecule has 0 aliphatic carbocycles. The number of carbonyl (C=O) groups excluding carboxylic acids is 1. The fourth-order valence-electron chi connectivity index (χ4n) is 1.98. The van der Waals surface area contributed by atoms with Gasteiger partial charge >= 0.3 is 5.97 Å². The number of nitrogens with zero attached hydrogens (tertiary/aromatic N) is 1. The smallest absolute Gasteiger partial charge is 0.306 e. The Bertz CT molecular complexity index is 306. The quantitative estimate of drug-likeness (QED) is 0.730. The SMILES string of the molecule is CC(C)NC(=O)C(C)N1CCOC(CC(=O)O)C1. The van der Waals surface area contributed by atoms with E-state index in [2.05, 4.69) is 5.32 Å². The highest BCUT2D eigenvalue weighted by Gasteiger charge is 2.29. The molecule has 2 atom stereocenters. The number of carboxylic acid groups (broad SMARTS) is 1. The maximum absolute atomic E-state index is 11.9. The molecule has 0 aromatic rings. The number of carboxylic acids is 1. The van der Waals surface area contributed by atoms with Gasteiger partial charge in [-0.25, -0.2) is 0 Å². The zero-order valence-corrected chi connectivity index (χ0v) is 11.2. The average molecular weight is 258 g/mol. The lowest BCUT2D eigenvalue weighted by Crippen LogP contribution is -2.53. The summed E-state index contributed by atoms with van der Waals surface area (Å²) < 4.78 is 5.38. The highest BCUT2D eigenvalue weighted by atomic mass is 16.5. The van der Waals surface area contributed by atoms with Crippen LogP contribution in [0.2, 0.25) is 0 Å². The lowest BCUT2D eigenvalue weighted by molar-refractivity contribution is -0.143. The van der Waals surface area contributed by atoms with Gasteiger partial charge in [-0.05, 0) is 20.8 Å². The van der Waals surface area contributed by atoms with E-state index < -0.39 is 5.97 Å². The summed E-state index contributed by atoms with van der Waals surface area (Å²) >= 11 is 0. The van der Waals surface area contributed by atoms with E-state index in [4.69, 9.17) is 9.84 Å². The number of ether oxygens (including phenoxy) is 1. The minimum absolute atomic E-state index is 0.0188. The minimum atomic E-state index is -0.874. The standard InChI is InChI=1S/C12H22N2O4/c1-8(2)13-12(17)9(3)14-4-5-18-10(7-14)6-11(15)16/h8-10H,4-7H2,1-3H3,(H,13,17)(H,15,16). The summed E-state index contributed by atoms with van der Waals surface area (Å²) in [5, 5.41) is 11.6. The Morgan fingerprint density at radius 3 is 2.67 bits per heavy atom. The van der Waals surface area contributed by atoms with Crippen LogP contribution >= 0.6 is 0 Å². The molecule has 18 heavy (non-hydrogen) atoms. The van der Waals surface area contributed by atoms with E-state index in [1.807, 2.05) is 25.7 Å². The van der Waals surface area contributed by atoms with Crippen molar-refractivity contribution in [3.8, 4) is 0 Å². The molecule has 6 heteroatoms. The Morgan fingerprint density at radius 1 is 1.44 bits per heavy atom. The molecule has 0 spiro atoms. The molecule has 2 N–H and O–H groups in total. The summed E-state index contributed by atoms with van der Waals surface area (Å²) in [6.07, 6.45) is -0.347. The van der Waals surface area contributed by atoms with Crippen LogP contribution in [0.3, 0.4) is 0 Å². The van der Waals surface area contributed by atoms with Crippen molar-refractivity contribution < 1.29 is 19.4 Å². The van der Waals surface area contributed by atoms with Crippen molar-refractivity contribution in [2.24, 2.45) is 0 Å². The van der Waals surface area contributed by atoms with Gasteiger partial charge in [0.2, 0.25) is 5.91 Å². The number of hydrogen-bond donors (Lipinski definition) is 2. The van der Waals surface area contributed by atoms with E-state index in [1.165, 1.54) is 0 Å². The Morgan fingerprint density at radius 2 is 2.11 bits per heavy atom. The fraction of sp³-hybridized carbons (Fsp3) is 0.833. The van der Waals surface area contributed by atoms with Crippen molar-refractivity contribution in [1.82, 2.24) is 10.2 Å². The number of carbonyl (C=O) groups is 2. The Kier molecular flexibility index (Phi) is 5.55. The summed E-state index contributed by atoms with van der Waals surface area (Å²) in [5.41, 5.74) is 0. The van der Waals surface area contributed by atoms with Crippen LogP contribution < -0.4 is 5.32 Å². The minimum Gasteiger partial charge on any atom is -0.481 e. The van der Waals surface area contributed by atoms with E-state index in [1.54, 1.807) is 0 Å². The zero-order chi connectivity index (χ0) is 13.7. The molecule has 1 amide bonds. The number of aliphatic carboxylic acids is 1. The zero-order valence-electron chi connectivity index (χ0n) is 11.2. The molecule has 2 unspecified atom stereocenters. The summed E-state index contributed by atoms with van der Waals surface area (Å²) in [5.74, 6) is -0.901. The number of morpholine rings is 1. The van der Waals surface area contributed by atoms with Crippen molar-refractivity contribution in [3.05, 3.63) is 0 Å². The van der Waals surface area contributed by atoms with Gasteiger partial charge in [0.25, 0.3) is 0 Å². The van der Waals surface area contributed by atoms with E-state index in [-0.39, 0.29) is 30.5 Å². The van der Waals surface area contributed by atoms with Crippen LogP contribution in [0.1, 0.15) is 27.2 Å². The van der Waals surface area contributed by atoms with E-state index in [0.717, 1.165) is 0 Å². The van der Waals surface area contributed by atoms with Crippen molar-refractivity contribution in [3.63, 3.8) is 0 Å². The van der Waals surface area contributed by atoms with Gasteiger partial charge in [0.15, 0.2) is 0 Å². The van der Waals surface area contributed by atoms with Crippen LogP contribution in [0, 0.1) is 0 Å². The summed E-state index contributed by atoms with van der Waals surface area (Å²) in [6, 6.07) is -0.150. The third-order valence-corrected chi connectivity index (χ3v) is 2.93. The molecule has 0 saturated carbocycles. The molecule has 1 heterocycles. The maximum atomic E-state index is 11.9. The van der Waals surface area contributed by atoms with Gasteiger partial charge in [-0.15, -0.1) is 0 Å². The lowest BCUT2D eigenvalue weighted by Gasteiger charge is -2.35. The van der Waals surface area contributed by atoms with Gasteiger partial charge < -0.3 is 15.2 Å². The summed E-state index contributed by atoms with van der Waals surface area (Å²) in [4.78, 5) is 24.5. The first-order valence-electron chi connectivity index (χ1n) is 6.28. The van der Waals surface area contributed by atoms with E-state index in [0.29, 0.717) is 19.7 Å². The van der Waals surface area contributed by atoms with Crippen molar-refractivity contribution in [2.45, 2.75) is 45.4 Å². The number of hydrogen-bond acceptors (Lipinski definition) is 4. The molecule has 1 rings (SSSR count). The van der Waals surface area contributed by atoms with Gasteiger partial charge in [-0.2, -0.15) is 0 Å². The topological polar surface area (TPSA) is 78.9 Å². The maximum Gasteiger partial charge on any atom is 0.306 e. The normalized spacial score (nSPS) is 22.8. The van der Waals surface area contributed by atoms with Crippen molar-refractivity contribution >= 4 is 11.9 Å². The van der Waals surface area contributed by atoms with Crippen molar-refractivity contribution in [2.75, 3.05) is 19.7 Å². The summed E-state index contributed by atoms with van der Waals surface area (Å²) in [6.45, 7) is 7.27. The van der Waals surface area contributed by atoms with E-state index >= 15 is 0 Å². The molecule has 0 radical (unpaired) electrons. The largest absolute Gasteiger partial charge is 0.481 e. The summed E-state index contributed by atoms with van der Waals surface area (Å²) in [7, 11) is 0. The molecule has 6 nitrogen and oxygen atoms in total. The molecule has 0 aromatic carbocycles. The van der Waals surface area contributed by atoms with Gasteiger partial charge in [0.1, 0.15) is 0 Å². The molecule has 1 fully saturated rings. The van der Waals surface area contributed by atoms with Crippen LogP contribution in [-0.2, 0) is 14.3 Å². The Hall–Kier alpha value is -1.14. The number of nitrogens with one attached hydrogen (secondary N) is 1. The first kappa shape index (κ1) is 14.9. The lowest BCUT2D eigenvalue weighted by atomic mass is 10.1. The number of amides is 1. The predicted octanol–water partition coefficient (Wildman–Crippen LogP) is 0.0750. The molecule has 104 valence electrons. The van der Waals surface area contributed by atoms with Crippen LogP contribution in [0.4, 0.5) is 0 Å². The van der Waals surface area contributed by atoms with Gasteiger partial charge in [-0.3, -0.25) is 14.5 Å². The molecular weight excluding hydrogens is 236 g/mol. The van der Waals surface area contributed by atoms with Gasteiger partial charge in [0.05, 0.1) is 25.2 Å². The van der Waals surface area contributed by atoms with Gasteiger partial charge in [0, 0.05) is 19.1 Å². The highest BCUT2D eigenvalue weighted by Crippen LogP contribution is 2.12. The molecule has 1 saturated heterocycles. The van der Waals surface area contributed by atoms with Crippen LogP contribution in [-0.4, -0.2) is 59.8 Å². The molecule has 0 bridgehead atoms. The predicted molar refractivity (Wildman–Crippen MR) is 66.3 cm³/mol. The second-order valence-corrected chi connectivity index (χ2v) is 4.92. The van der Waals surface area contributed by atoms with Crippen molar-refractivity contribution in [1.29, 1.82) is 0 Å². The molecule has 1 aliphatic heterocycles. The monoisotopic (exact) mass is 258 g/mol. The molecule has 0 aromatic heterocycles. The Balaban J connectivity index is 2.49. The van der Waals surface area contributed by atoms with Crippen LogP contribution in [0.25, 0.3) is 0 Å². The second kappa shape index (κ2) is 6.70. The third kappa shape index (κ3) is 4.62.